The predicted molar refractivity (Wildman–Crippen MR) is 104 cm³/mol. The first-order chi connectivity index (χ1) is 13.2. The monoisotopic (exact) mass is 446 g/mol. The summed E-state index contributed by atoms with van der Waals surface area (Å²) in [6.45, 7) is 0.0825. The van der Waals surface area contributed by atoms with E-state index in [1.165, 1.54) is 6.07 Å². The fraction of sp³-hybridized carbons (Fsp3) is 0.118. The molecule has 0 amide bonds. The number of thiocarbonyl (C=S) groups is 1. The SMILES string of the molecule is FC(F)(F)c1cc(NC(=S)NCc2nc(-c3cccc(Cl)c3)no2)ccc1Cl. The number of nitrogens with one attached hydrogen (secondary N) is 2. The number of anilines is 1. The number of alkyl halides is 3. The first-order valence-electron chi connectivity index (χ1n) is 7.72. The van der Waals surface area contributed by atoms with E-state index in [0.29, 0.717) is 16.4 Å². The second-order valence-electron chi connectivity index (χ2n) is 5.52. The highest BCUT2D eigenvalue weighted by molar-refractivity contribution is 7.80. The van der Waals surface area contributed by atoms with Crippen molar-refractivity contribution in [3.63, 3.8) is 0 Å². The number of nitrogens with zero attached hydrogens (tertiary/aromatic N) is 2. The molecule has 0 bridgehead atoms. The van der Waals surface area contributed by atoms with Gasteiger partial charge in [-0.15, -0.1) is 0 Å². The Hall–Kier alpha value is -2.36. The molecule has 0 spiro atoms. The summed E-state index contributed by atoms with van der Waals surface area (Å²) < 4.78 is 43.8. The summed E-state index contributed by atoms with van der Waals surface area (Å²) in [5.74, 6) is 0.594. The second-order valence-corrected chi connectivity index (χ2v) is 6.77. The molecule has 11 heteroatoms. The van der Waals surface area contributed by atoms with Gasteiger partial charge >= 0.3 is 6.18 Å². The maximum Gasteiger partial charge on any atom is 0.417 e. The van der Waals surface area contributed by atoms with Crippen LogP contribution < -0.4 is 10.6 Å². The molecule has 28 heavy (non-hydrogen) atoms. The molecule has 0 saturated heterocycles. The average Bonchev–Trinajstić information content (AvgIpc) is 3.10. The van der Waals surface area contributed by atoms with Gasteiger partial charge in [0, 0.05) is 16.3 Å². The van der Waals surface area contributed by atoms with Crippen LogP contribution >= 0.6 is 35.4 Å². The standard InChI is InChI=1S/C17H11Cl2F3N4OS/c18-10-3-1-2-9(6-10)15-25-14(27-26-15)8-23-16(28)24-11-4-5-13(19)12(7-11)17(20,21)22/h1-7H,8H2,(H2,23,24,28). The fourth-order valence-electron chi connectivity index (χ4n) is 2.22. The summed E-state index contributed by atoms with van der Waals surface area (Å²) in [4.78, 5) is 4.21. The van der Waals surface area contributed by atoms with Crippen LogP contribution in [0.1, 0.15) is 11.5 Å². The van der Waals surface area contributed by atoms with E-state index in [0.717, 1.165) is 12.1 Å². The molecule has 1 heterocycles. The number of benzene rings is 2. The summed E-state index contributed by atoms with van der Waals surface area (Å²) in [5, 5.41) is 9.51. The van der Waals surface area contributed by atoms with Crippen LogP contribution in [0.2, 0.25) is 10.0 Å². The van der Waals surface area contributed by atoms with Crippen molar-refractivity contribution in [3.8, 4) is 11.4 Å². The number of aromatic nitrogens is 2. The summed E-state index contributed by atoms with van der Waals surface area (Å²) >= 11 is 16.6. The zero-order chi connectivity index (χ0) is 20.3. The lowest BCUT2D eigenvalue weighted by Crippen LogP contribution is -2.28. The van der Waals surface area contributed by atoms with Crippen molar-refractivity contribution in [2.24, 2.45) is 0 Å². The lowest BCUT2D eigenvalue weighted by atomic mass is 10.2. The number of rotatable bonds is 4. The molecule has 3 aromatic rings. The highest BCUT2D eigenvalue weighted by Crippen LogP contribution is 2.36. The van der Waals surface area contributed by atoms with Crippen molar-refractivity contribution in [1.82, 2.24) is 15.5 Å². The minimum Gasteiger partial charge on any atom is -0.353 e. The Kier molecular flexibility index (Phi) is 6.07. The van der Waals surface area contributed by atoms with Crippen LogP contribution in [0, 0.1) is 0 Å². The molecule has 0 saturated carbocycles. The van der Waals surface area contributed by atoms with E-state index in [4.69, 9.17) is 39.9 Å². The average molecular weight is 447 g/mol. The van der Waals surface area contributed by atoms with Crippen LogP contribution in [0.25, 0.3) is 11.4 Å². The molecular formula is C17H11Cl2F3N4OS. The zero-order valence-corrected chi connectivity index (χ0v) is 16.2. The van der Waals surface area contributed by atoms with E-state index in [1.54, 1.807) is 24.3 Å². The molecule has 0 atom stereocenters. The largest absolute Gasteiger partial charge is 0.417 e. The van der Waals surface area contributed by atoms with Crippen LogP contribution in [0.5, 0.6) is 0 Å². The Bertz CT molecular complexity index is 1010. The van der Waals surface area contributed by atoms with Crippen LogP contribution in [-0.2, 0) is 12.7 Å². The van der Waals surface area contributed by atoms with Gasteiger partial charge < -0.3 is 15.2 Å². The minimum absolute atomic E-state index is 0.0814. The summed E-state index contributed by atoms with van der Waals surface area (Å²) in [6, 6.07) is 10.3. The highest BCUT2D eigenvalue weighted by atomic mass is 35.5. The summed E-state index contributed by atoms with van der Waals surface area (Å²) in [6.07, 6.45) is -4.57. The van der Waals surface area contributed by atoms with E-state index in [-0.39, 0.29) is 23.2 Å². The van der Waals surface area contributed by atoms with Crippen molar-refractivity contribution < 1.29 is 17.7 Å². The quantitative estimate of drug-likeness (QED) is 0.512. The number of halogens is 5. The van der Waals surface area contributed by atoms with Gasteiger partial charge in [-0.3, -0.25) is 0 Å². The van der Waals surface area contributed by atoms with Gasteiger partial charge in [-0.05, 0) is 42.5 Å². The molecule has 3 rings (SSSR count). The lowest BCUT2D eigenvalue weighted by Gasteiger charge is -2.13. The zero-order valence-electron chi connectivity index (χ0n) is 13.8. The topological polar surface area (TPSA) is 63.0 Å². The van der Waals surface area contributed by atoms with Crippen molar-refractivity contribution in [1.29, 1.82) is 0 Å². The Morgan fingerprint density at radius 3 is 2.64 bits per heavy atom. The van der Waals surface area contributed by atoms with Gasteiger partial charge in [0.1, 0.15) is 0 Å². The third-order valence-corrected chi connectivity index (χ3v) is 4.29. The van der Waals surface area contributed by atoms with E-state index in [1.807, 2.05) is 0 Å². The molecule has 146 valence electrons. The molecule has 0 fully saturated rings. The smallest absolute Gasteiger partial charge is 0.353 e. The van der Waals surface area contributed by atoms with Crippen molar-refractivity contribution in [2.45, 2.75) is 12.7 Å². The molecule has 1 aromatic heterocycles. The van der Waals surface area contributed by atoms with Gasteiger partial charge in [0.15, 0.2) is 5.11 Å². The van der Waals surface area contributed by atoms with Crippen molar-refractivity contribution in [3.05, 3.63) is 64.0 Å². The van der Waals surface area contributed by atoms with Crippen molar-refractivity contribution in [2.75, 3.05) is 5.32 Å². The van der Waals surface area contributed by atoms with E-state index in [2.05, 4.69) is 20.8 Å². The molecule has 0 aliphatic carbocycles. The Labute approximate surface area is 172 Å². The molecule has 2 N–H and O–H groups in total. The molecule has 2 aromatic carbocycles. The second kappa shape index (κ2) is 8.34. The normalized spacial score (nSPS) is 11.3. The van der Waals surface area contributed by atoms with Crippen LogP contribution in [0.15, 0.2) is 47.0 Å². The highest BCUT2D eigenvalue weighted by Gasteiger charge is 2.33. The Balaban J connectivity index is 1.61. The van der Waals surface area contributed by atoms with E-state index >= 15 is 0 Å². The third kappa shape index (κ3) is 5.12. The van der Waals surface area contributed by atoms with E-state index < -0.39 is 16.8 Å². The van der Waals surface area contributed by atoms with Gasteiger partial charge in [-0.2, -0.15) is 18.2 Å². The first kappa shape index (κ1) is 20.4. The molecule has 0 unspecified atom stereocenters. The number of hydrogen-bond donors (Lipinski definition) is 2. The van der Waals surface area contributed by atoms with Crippen molar-refractivity contribution >= 4 is 46.2 Å². The van der Waals surface area contributed by atoms with Crippen LogP contribution in [-0.4, -0.2) is 15.3 Å². The van der Waals surface area contributed by atoms with Gasteiger partial charge in [0.25, 0.3) is 0 Å². The van der Waals surface area contributed by atoms with E-state index in [9.17, 15) is 13.2 Å². The summed E-state index contributed by atoms with van der Waals surface area (Å²) in [7, 11) is 0. The Morgan fingerprint density at radius 2 is 1.93 bits per heavy atom. The van der Waals surface area contributed by atoms with Crippen LogP contribution in [0.4, 0.5) is 18.9 Å². The Morgan fingerprint density at radius 1 is 1.14 bits per heavy atom. The fourth-order valence-corrected chi connectivity index (χ4v) is 2.83. The minimum atomic E-state index is -4.57. The predicted octanol–water partition coefficient (Wildman–Crippen LogP) is 5.55. The molecular weight excluding hydrogens is 436 g/mol. The molecule has 0 aliphatic rings. The molecule has 5 nitrogen and oxygen atoms in total. The van der Waals surface area contributed by atoms with Gasteiger partial charge in [-0.25, -0.2) is 0 Å². The number of hydrogen-bond acceptors (Lipinski definition) is 4. The summed E-state index contributed by atoms with van der Waals surface area (Å²) in [5.41, 5.74) is -0.131. The van der Waals surface area contributed by atoms with Gasteiger partial charge in [-0.1, -0.05) is 40.5 Å². The maximum atomic E-state index is 12.9. The van der Waals surface area contributed by atoms with Crippen LogP contribution in [0.3, 0.4) is 0 Å². The first-order valence-corrected chi connectivity index (χ1v) is 8.89. The maximum absolute atomic E-state index is 12.9. The van der Waals surface area contributed by atoms with Gasteiger partial charge in [0.2, 0.25) is 11.7 Å². The lowest BCUT2D eigenvalue weighted by molar-refractivity contribution is -0.137. The molecule has 0 radical (unpaired) electrons. The molecule has 0 aliphatic heterocycles. The third-order valence-electron chi connectivity index (χ3n) is 3.48. The van der Waals surface area contributed by atoms with Gasteiger partial charge in [0.05, 0.1) is 17.1 Å².